The number of amides is 1. The van der Waals surface area contributed by atoms with Gasteiger partial charge in [0.15, 0.2) is 0 Å². The minimum atomic E-state index is -0.296. The number of ether oxygens (including phenoxy) is 1. The van der Waals surface area contributed by atoms with Crippen LogP contribution in [0.15, 0.2) is 24.3 Å². The summed E-state index contributed by atoms with van der Waals surface area (Å²) in [6.45, 7) is 7.52. The predicted molar refractivity (Wildman–Crippen MR) is 87.6 cm³/mol. The highest BCUT2D eigenvalue weighted by molar-refractivity contribution is 8.01. The van der Waals surface area contributed by atoms with Crippen LogP contribution in [0.1, 0.15) is 32.8 Å². The highest BCUT2D eigenvalue weighted by Gasteiger charge is 2.20. The molecular formula is C16H23NO3S. The summed E-state index contributed by atoms with van der Waals surface area (Å²) in [4.78, 5) is 23.7. The molecule has 1 aromatic carbocycles. The first-order chi connectivity index (χ1) is 9.92. The van der Waals surface area contributed by atoms with Gasteiger partial charge in [-0.25, -0.2) is 0 Å². The number of hydrogen-bond acceptors (Lipinski definition) is 4. The minimum Gasteiger partial charge on any atom is -0.462 e. The van der Waals surface area contributed by atoms with Gasteiger partial charge < -0.3 is 10.1 Å². The lowest BCUT2D eigenvalue weighted by atomic mass is 10.2. The molecule has 0 bridgehead atoms. The zero-order valence-electron chi connectivity index (χ0n) is 13.0. The van der Waals surface area contributed by atoms with Crippen molar-refractivity contribution in [2.24, 2.45) is 0 Å². The standard InChI is InChI=1S/C16H23NO3S/c1-5-14(16(19)20-11(2)3)21-10-15(18)17-13-8-6-7-12(4)9-13/h6-9,11,14H,5,10H2,1-4H3,(H,17,18). The van der Waals surface area contributed by atoms with Crippen LogP contribution >= 0.6 is 11.8 Å². The summed E-state index contributed by atoms with van der Waals surface area (Å²) in [6.07, 6.45) is 0.516. The number of carbonyl (C=O) groups is 2. The summed E-state index contributed by atoms with van der Waals surface area (Å²) in [5.41, 5.74) is 1.87. The van der Waals surface area contributed by atoms with E-state index in [2.05, 4.69) is 5.32 Å². The molecule has 0 saturated carbocycles. The minimum absolute atomic E-state index is 0.110. The number of benzene rings is 1. The summed E-state index contributed by atoms with van der Waals surface area (Å²) in [7, 11) is 0. The molecule has 1 atom stereocenters. The van der Waals surface area contributed by atoms with Crippen LogP contribution in [0.5, 0.6) is 0 Å². The van der Waals surface area contributed by atoms with E-state index in [9.17, 15) is 9.59 Å². The molecule has 1 aromatic rings. The highest BCUT2D eigenvalue weighted by Crippen LogP contribution is 2.18. The average Bonchev–Trinajstić information content (AvgIpc) is 2.38. The van der Waals surface area contributed by atoms with Gasteiger partial charge in [-0.1, -0.05) is 19.1 Å². The molecule has 116 valence electrons. The molecule has 1 amide bonds. The number of carbonyl (C=O) groups excluding carboxylic acids is 2. The Morgan fingerprint density at radius 2 is 2.05 bits per heavy atom. The SMILES string of the molecule is CCC(SCC(=O)Nc1cccc(C)c1)C(=O)OC(C)C. The van der Waals surface area contributed by atoms with Crippen molar-refractivity contribution in [3.8, 4) is 0 Å². The van der Waals surface area contributed by atoms with Crippen molar-refractivity contribution in [3.63, 3.8) is 0 Å². The second kappa shape index (κ2) is 8.72. The fourth-order valence-corrected chi connectivity index (χ4v) is 2.61. The number of rotatable bonds is 7. The number of aryl methyl sites for hydroxylation is 1. The summed E-state index contributed by atoms with van der Waals surface area (Å²) in [5.74, 6) is -0.123. The number of thioether (sulfide) groups is 1. The molecule has 0 saturated heterocycles. The molecule has 5 heteroatoms. The van der Waals surface area contributed by atoms with E-state index in [4.69, 9.17) is 4.74 Å². The van der Waals surface area contributed by atoms with Gasteiger partial charge >= 0.3 is 5.97 Å². The second-order valence-corrected chi connectivity index (χ2v) is 6.30. The van der Waals surface area contributed by atoms with Gasteiger partial charge in [-0.2, -0.15) is 0 Å². The van der Waals surface area contributed by atoms with Crippen molar-refractivity contribution in [2.75, 3.05) is 11.1 Å². The third-order valence-electron chi connectivity index (χ3n) is 2.70. The summed E-state index contributed by atoms with van der Waals surface area (Å²) >= 11 is 1.32. The van der Waals surface area contributed by atoms with Gasteiger partial charge in [0, 0.05) is 5.69 Å². The van der Waals surface area contributed by atoms with Crippen LogP contribution in [0, 0.1) is 6.92 Å². The fraction of sp³-hybridized carbons (Fsp3) is 0.500. The maximum atomic E-state index is 11.9. The van der Waals surface area contributed by atoms with Gasteiger partial charge in [-0.05, 0) is 44.9 Å². The van der Waals surface area contributed by atoms with Crippen LogP contribution in [-0.2, 0) is 14.3 Å². The Morgan fingerprint density at radius 1 is 1.33 bits per heavy atom. The van der Waals surface area contributed by atoms with Crippen LogP contribution in [0.4, 0.5) is 5.69 Å². The molecule has 0 aliphatic heterocycles. The zero-order chi connectivity index (χ0) is 15.8. The average molecular weight is 309 g/mol. The smallest absolute Gasteiger partial charge is 0.319 e. The first kappa shape index (κ1) is 17.6. The lowest BCUT2D eigenvalue weighted by Gasteiger charge is -2.15. The summed E-state index contributed by atoms with van der Waals surface area (Å²) < 4.78 is 5.18. The monoisotopic (exact) mass is 309 g/mol. The molecule has 0 aromatic heterocycles. The van der Waals surface area contributed by atoms with Crippen molar-refractivity contribution in [1.82, 2.24) is 0 Å². The van der Waals surface area contributed by atoms with E-state index in [0.29, 0.717) is 6.42 Å². The van der Waals surface area contributed by atoms with Gasteiger partial charge in [0.2, 0.25) is 5.91 Å². The molecule has 0 radical (unpaired) electrons. The second-order valence-electron chi connectivity index (χ2n) is 5.11. The molecule has 0 aliphatic carbocycles. The number of hydrogen-bond donors (Lipinski definition) is 1. The first-order valence-corrected chi connectivity index (χ1v) is 8.15. The molecule has 1 rings (SSSR count). The van der Waals surface area contributed by atoms with Crippen LogP contribution in [-0.4, -0.2) is 29.0 Å². The fourth-order valence-electron chi connectivity index (χ4n) is 1.76. The number of esters is 1. The van der Waals surface area contributed by atoms with E-state index in [1.54, 1.807) is 0 Å². The zero-order valence-corrected chi connectivity index (χ0v) is 13.8. The Hall–Kier alpha value is -1.49. The summed E-state index contributed by atoms with van der Waals surface area (Å²) in [6, 6.07) is 7.62. The van der Waals surface area contributed by atoms with E-state index in [0.717, 1.165) is 11.3 Å². The van der Waals surface area contributed by atoms with Crippen LogP contribution < -0.4 is 5.32 Å². The van der Waals surface area contributed by atoms with Crippen LogP contribution in [0.3, 0.4) is 0 Å². The molecule has 4 nitrogen and oxygen atoms in total. The van der Waals surface area contributed by atoms with Crippen molar-refractivity contribution >= 4 is 29.3 Å². The molecule has 21 heavy (non-hydrogen) atoms. The molecule has 1 unspecified atom stereocenters. The van der Waals surface area contributed by atoms with Crippen molar-refractivity contribution in [3.05, 3.63) is 29.8 Å². The van der Waals surface area contributed by atoms with E-state index in [1.165, 1.54) is 11.8 Å². The molecular weight excluding hydrogens is 286 g/mol. The third-order valence-corrected chi connectivity index (χ3v) is 4.06. The Kier molecular flexibility index (Phi) is 7.29. The van der Waals surface area contributed by atoms with Gasteiger partial charge in [0.25, 0.3) is 0 Å². The van der Waals surface area contributed by atoms with Crippen LogP contribution in [0.2, 0.25) is 0 Å². The molecule has 1 N–H and O–H groups in total. The summed E-state index contributed by atoms with van der Waals surface area (Å²) in [5, 5.41) is 2.53. The number of nitrogens with one attached hydrogen (secondary N) is 1. The quantitative estimate of drug-likeness (QED) is 0.784. The lowest BCUT2D eigenvalue weighted by molar-refractivity contribution is -0.146. The molecule has 0 spiro atoms. The van der Waals surface area contributed by atoms with E-state index in [1.807, 2.05) is 52.0 Å². The van der Waals surface area contributed by atoms with Crippen LogP contribution in [0.25, 0.3) is 0 Å². The lowest BCUT2D eigenvalue weighted by Crippen LogP contribution is -2.25. The highest BCUT2D eigenvalue weighted by atomic mass is 32.2. The largest absolute Gasteiger partial charge is 0.462 e. The maximum Gasteiger partial charge on any atom is 0.319 e. The van der Waals surface area contributed by atoms with E-state index < -0.39 is 0 Å². The number of anilines is 1. The Bertz CT molecular complexity index is 488. The third kappa shape index (κ3) is 6.67. The van der Waals surface area contributed by atoms with Gasteiger partial charge in [-0.3, -0.25) is 9.59 Å². The predicted octanol–water partition coefficient (Wildman–Crippen LogP) is 3.40. The Labute approximate surface area is 130 Å². The van der Waals surface area contributed by atoms with Gasteiger partial charge in [0.05, 0.1) is 11.9 Å². The maximum absolute atomic E-state index is 11.9. The van der Waals surface area contributed by atoms with Crippen molar-refractivity contribution < 1.29 is 14.3 Å². The molecule has 0 aliphatic rings. The normalized spacial score (nSPS) is 12.0. The van der Waals surface area contributed by atoms with Gasteiger partial charge in [-0.15, -0.1) is 11.8 Å². The molecule has 0 heterocycles. The Morgan fingerprint density at radius 3 is 2.62 bits per heavy atom. The van der Waals surface area contributed by atoms with E-state index >= 15 is 0 Å². The van der Waals surface area contributed by atoms with E-state index in [-0.39, 0.29) is 29.0 Å². The topological polar surface area (TPSA) is 55.4 Å². The van der Waals surface area contributed by atoms with Crippen molar-refractivity contribution in [1.29, 1.82) is 0 Å². The first-order valence-electron chi connectivity index (χ1n) is 7.11. The Balaban J connectivity index is 2.45. The molecule has 0 fully saturated rings. The van der Waals surface area contributed by atoms with Crippen molar-refractivity contribution in [2.45, 2.75) is 45.5 Å². The van der Waals surface area contributed by atoms with Gasteiger partial charge in [0.1, 0.15) is 5.25 Å².